The van der Waals surface area contributed by atoms with Gasteiger partial charge in [-0.25, -0.2) is 4.98 Å². The molecule has 0 bridgehead atoms. The molecule has 25 heavy (non-hydrogen) atoms. The molecular weight excluding hydrogens is 312 g/mol. The van der Waals surface area contributed by atoms with Crippen LogP contribution in [0, 0.1) is 0 Å². The van der Waals surface area contributed by atoms with Gasteiger partial charge in [0.15, 0.2) is 0 Å². The lowest BCUT2D eigenvalue weighted by Gasteiger charge is -2.35. The van der Waals surface area contributed by atoms with Gasteiger partial charge in [0, 0.05) is 31.0 Å². The third-order valence-electron chi connectivity index (χ3n) is 4.72. The number of piperidine rings is 1. The monoisotopic (exact) mass is 338 g/mol. The van der Waals surface area contributed by atoms with Crippen molar-refractivity contribution in [2.45, 2.75) is 38.6 Å². The highest BCUT2D eigenvalue weighted by molar-refractivity contribution is 5.97. The Kier molecular flexibility index (Phi) is 5.22. The van der Waals surface area contributed by atoms with Crippen molar-refractivity contribution < 1.29 is 4.79 Å². The lowest BCUT2D eigenvalue weighted by atomic mass is 10.0. The molecule has 0 aliphatic carbocycles. The molecule has 0 unspecified atom stereocenters. The summed E-state index contributed by atoms with van der Waals surface area (Å²) >= 11 is 0. The van der Waals surface area contributed by atoms with Crippen LogP contribution in [0.2, 0.25) is 0 Å². The van der Waals surface area contributed by atoms with Crippen molar-refractivity contribution in [3.63, 3.8) is 0 Å². The second-order valence-electron chi connectivity index (χ2n) is 6.95. The van der Waals surface area contributed by atoms with Crippen LogP contribution in [-0.4, -0.2) is 30.0 Å². The molecule has 1 fully saturated rings. The molecule has 3 N–H and O–H groups in total. The van der Waals surface area contributed by atoms with Crippen LogP contribution in [0.5, 0.6) is 0 Å². The number of anilines is 2. The maximum atomic E-state index is 11.7. The topological polar surface area (TPSA) is 71.2 Å². The molecule has 5 heteroatoms. The van der Waals surface area contributed by atoms with E-state index in [2.05, 4.69) is 53.3 Å². The number of carbonyl (C=O) groups excluding carboxylic acids is 1. The minimum atomic E-state index is -0.428. The molecule has 3 rings (SSSR count). The Hall–Kier alpha value is -2.56. The van der Waals surface area contributed by atoms with Gasteiger partial charge in [0.1, 0.15) is 5.82 Å². The first kappa shape index (κ1) is 17.3. The van der Waals surface area contributed by atoms with E-state index in [0.29, 0.717) is 23.3 Å². The van der Waals surface area contributed by atoms with E-state index in [4.69, 9.17) is 5.73 Å². The Morgan fingerprint density at radius 1 is 1.28 bits per heavy atom. The number of nitrogens with one attached hydrogen (secondary N) is 1. The van der Waals surface area contributed by atoms with Gasteiger partial charge in [0.05, 0.1) is 5.56 Å². The first-order valence-electron chi connectivity index (χ1n) is 8.91. The van der Waals surface area contributed by atoms with Gasteiger partial charge in [-0.05, 0) is 48.6 Å². The Morgan fingerprint density at radius 3 is 2.72 bits per heavy atom. The van der Waals surface area contributed by atoms with Gasteiger partial charge in [-0.2, -0.15) is 0 Å². The number of nitrogens with two attached hydrogens (primary N) is 1. The van der Waals surface area contributed by atoms with Crippen LogP contribution >= 0.6 is 0 Å². The number of hydrogen-bond acceptors (Lipinski definition) is 4. The van der Waals surface area contributed by atoms with E-state index in [0.717, 1.165) is 31.6 Å². The molecule has 0 radical (unpaired) electrons. The number of primary amides is 1. The highest BCUT2D eigenvalue weighted by atomic mass is 16.1. The summed E-state index contributed by atoms with van der Waals surface area (Å²) in [5.41, 5.74) is 8.46. The van der Waals surface area contributed by atoms with E-state index < -0.39 is 5.91 Å². The van der Waals surface area contributed by atoms with Gasteiger partial charge in [-0.1, -0.05) is 26.0 Å². The number of amides is 1. The maximum Gasteiger partial charge on any atom is 0.252 e. The predicted molar refractivity (Wildman–Crippen MR) is 102 cm³/mol. The van der Waals surface area contributed by atoms with Crippen molar-refractivity contribution in [1.29, 1.82) is 0 Å². The lowest BCUT2D eigenvalue weighted by molar-refractivity contribution is 0.100. The van der Waals surface area contributed by atoms with Gasteiger partial charge in [0.2, 0.25) is 0 Å². The minimum absolute atomic E-state index is 0.321. The number of benzene rings is 1. The zero-order valence-corrected chi connectivity index (χ0v) is 14.9. The molecule has 1 amide bonds. The van der Waals surface area contributed by atoms with Crippen LogP contribution in [0.25, 0.3) is 0 Å². The molecule has 1 aliphatic rings. The lowest BCUT2D eigenvalue weighted by Crippen LogP contribution is -2.43. The standard InChI is InChI=1S/C20H26N4O/c1-14(2)15-7-9-16(10-8-15)23-17-5-4-12-24(13-17)20-18(19(21)25)6-3-11-22-20/h3,6-11,14,17,23H,4-5,12-13H2,1-2H3,(H2,21,25)/t17-/m0/s1. The Labute approximate surface area is 149 Å². The summed E-state index contributed by atoms with van der Waals surface area (Å²) in [6.07, 6.45) is 3.86. The Balaban J connectivity index is 1.70. The van der Waals surface area contributed by atoms with Crippen LogP contribution in [0.1, 0.15) is 48.5 Å². The number of carbonyl (C=O) groups is 1. The van der Waals surface area contributed by atoms with Crippen molar-refractivity contribution in [2.24, 2.45) is 5.73 Å². The van der Waals surface area contributed by atoms with Crippen molar-refractivity contribution in [3.8, 4) is 0 Å². The summed E-state index contributed by atoms with van der Waals surface area (Å²) in [5.74, 6) is 0.801. The first-order valence-corrected chi connectivity index (χ1v) is 8.91. The van der Waals surface area contributed by atoms with E-state index in [1.165, 1.54) is 5.56 Å². The maximum absolute atomic E-state index is 11.7. The van der Waals surface area contributed by atoms with Gasteiger partial charge >= 0.3 is 0 Å². The zero-order chi connectivity index (χ0) is 17.8. The van der Waals surface area contributed by atoms with E-state index in [9.17, 15) is 4.79 Å². The molecule has 1 aromatic carbocycles. The van der Waals surface area contributed by atoms with Crippen molar-refractivity contribution in [2.75, 3.05) is 23.3 Å². The molecular formula is C20H26N4O. The largest absolute Gasteiger partial charge is 0.381 e. The van der Waals surface area contributed by atoms with Crippen LogP contribution in [0.4, 0.5) is 11.5 Å². The second kappa shape index (κ2) is 7.55. The summed E-state index contributed by atoms with van der Waals surface area (Å²) in [7, 11) is 0. The third kappa shape index (κ3) is 4.10. The van der Waals surface area contributed by atoms with Crippen molar-refractivity contribution in [3.05, 3.63) is 53.7 Å². The Bertz CT molecular complexity index is 727. The molecule has 1 atom stereocenters. The summed E-state index contributed by atoms with van der Waals surface area (Å²) in [5, 5.41) is 3.61. The quantitative estimate of drug-likeness (QED) is 0.877. The molecule has 5 nitrogen and oxygen atoms in total. The fourth-order valence-corrected chi connectivity index (χ4v) is 3.33. The number of nitrogens with zero attached hydrogens (tertiary/aromatic N) is 2. The molecule has 1 saturated heterocycles. The normalized spacial score (nSPS) is 17.6. The highest BCUT2D eigenvalue weighted by Gasteiger charge is 2.23. The van der Waals surface area contributed by atoms with Crippen molar-refractivity contribution in [1.82, 2.24) is 4.98 Å². The van der Waals surface area contributed by atoms with Gasteiger partial charge in [-0.3, -0.25) is 4.79 Å². The van der Waals surface area contributed by atoms with Crippen LogP contribution < -0.4 is 16.0 Å². The molecule has 0 spiro atoms. The fraction of sp³-hybridized carbons (Fsp3) is 0.400. The average Bonchev–Trinajstić information content (AvgIpc) is 2.62. The number of pyridine rings is 1. The summed E-state index contributed by atoms with van der Waals surface area (Å²) in [4.78, 5) is 18.2. The van der Waals surface area contributed by atoms with E-state index in [1.807, 2.05) is 0 Å². The zero-order valence-electron chi connectivity index (χ0n) is 14.9. The fourth-order valence-electron chi connectivity index (χ4n) is 3.33. The van der Waals surface area contributed by atoms with Crippen LogP contribution in [-0.2, 0) is 0 Å². The highest BCUT2D eigenvalue weighted by Crippen LogP contribution is 2.24. The van der Waals surface area contributed by atoms with Crippen LogP contribution in [0.15, 0.2) is 42.6 Å². The molecule has 1 aliphatic heterocycles. The van der Waals surface area contributed by atoms with Crippen LogP contribution in [0.3, 0.4) is 0 Å². The van der Waals surface area contributed by atoms with Crippen molar-refractivity contribution >= 4 is 17.4 Å². The molecule has 2 heterocycles. The summed E-state index contributed by atoms with van der Waals surface area (Å²) in [6, 6.07) is 12.5. The summed E-state index contributed by atoms with van der Waals surface area (Å²) < 4.78 is 0. The second-order valence-corrected chi connectivity index (χ2v) is 6.95. The van der Waals surface area contributed by atoms with E-state index >= 15 is 0 Å². The molecule has 1 aromatic heterocycles. The van der Waals surface area contributed by atoms with E-state index in [1.54, 1.807) is 18.3 Å². The number of rotatable bonds is 5. The number of aromatic nitrogens is 1. The molecule has 2 aromatic rings. The predicted octanol–water partition coefficient (Wildman–Crippen LogP) is 3.38. The van der Waals surface area contributed by atoms with E-state index in [-0.39, 0.29) is 0 Å². The SMILES string of the molecule is CC(C)c1ccc(N[C@H]2CCCN(c3ncccc3C(N)=O)C2)cc1. The van der Waals surface area contributed by atoms with Gasteiger partial charge in [0.25, 0.3) is 5.91 Å². The molecule has 0 saturated carbocycles. The van der Waals surface area contributed by atoms with Gasteiger partial charge < -0.3 is 16.0 Å². The summed E-state index contributed by atoms with van der Waals surface area (Å²) in [6.45, 7) is 6.10. The first-order chi connectivity index (χ1) is 12.0. The number of hydrogen-bond donors (Lipinski definition) is 2. The smallest absolute Gasteiger partial charge is 0.252 e. The average molecular weight is 338 g/mol. The minimum Gasteiger partial charge on any atom is -0.381 e. The third-order valence-corrected chi connectivity index (χ3v) is 4.72. The van der Waals surface area contributed by atoms with Gasteiger partial charge in [-0.15, -0.1) is 0 Å². The Morgan fingerprint density at radius 2 is 2.04 bits per heavy atom. The molecule has 132 valence electrons.